The van der Waals surface area contributed by atoms with E-state index < -0.39 is 0 Å². The third-order valence-corrected chi connectivity index (χ3v) is 4.66. The number of aromatic nitrogens is 2. The van der Waals surface area contributed by atoms with Crippen LogP contribution in [0.4, 0.5) is 0 Å². The van der Waals surface area contributed by atoms with Gasteiger partial charge in [-0.05, 0) is 29.3 Å². The predicted molar refractivity (Wildman–Crippen MR) is 91.2 cm³/mol. The van der Waals surface area contributed by atoms with E-state index in [2.05, 4.69) is 39.7 Å². The molecule has 0 saturated heterocycles. The number of rotatable bonds is 12. The second-order valence-electron chi connectivity index (χ2n) is 5.88. The second-order valence-corrected chi connectivity index (χ2v) is 6.64. The molecule has 0 amide bonds. The zero-order chi connectivity index (χ0) is 14.6. The lowest BCUT2D eigenvalue weighted by molar-refractivity contribution is 0.548. The molecule has 20 heavy (non-hydrogen) atoms. The topological polar surface area (TPSA) is 28.7 Å². The van der Waals surface area contributed by atoms with Gasteiger partial charge in [-0.25, -0.2) is 4.98 Å². The second kappa shape index (κ2) is 11.4. The molecule has 0 aromatic carbocycles. The summed E-state index contributed by atoms with van der Waals surface area (Å²) in [6.45, 7) is 4.34. The Kier molecular flexibility index (Phi) is 10.1. The van der Waals surface area contributed by atoms with E-state index in [1.54, 1.807) is 0 Å². The third-order valence-electron chi connectivity index (χ3n) is 3.89. The van der Waals surface area contributed by atoms with E-state index in [4.69, 9.17) is 0 Å². The summed E-state index contributed by atoms with van der Waals surface area (Å²) in [6.07, 6.45) is 16.5. The Morgan fingerprint density at radius 2 is 1.35 bits per heavy atom. The number of halogens is 1. The Hall–Kier alpha value is -0.310. The highest BCUT2D eigenvalue weighted by Gasteiger charge is 2.02. The van der Waals surface area contributed by atoms with Crippen LogP contribution in [0, 0.1) is 6.92 Å². The van der Waals surface area contributed by atoms with Gasteiger partial charge < -0.3 is 4.98 Å². The average Bonchev–Trinajstić information content (AvgIpc) is 2.75. The molecule has 1 rings (SSSR count). The van der Waals surface area contributed by atoms with Gasteiger partial charge in [0.2, 0.25) is 0 Å². The van der Waals surface area contributed by atoms with Crippen molar-refractivity contribution in [2.45, 2.75) is 90.9 Å². The Balaban J connectivity index is 1.85. The summed E-state index contributed by atoms with van der Waals surface area (Å²) >= 11 is 3.45. The van der Waals surface area contributed by atoms with Crippen LogP contribution in [-0.4, -0.2) is 9.97 Å². The Labute approximate surface area is 133 Å². The van der Waals surface area contributed by atoms with Crippen molar-refractivity contribution in [3.8, 4) is 0 Å². The van der Waals surface area contributed by atoms with E-state index in [1.807, 2.05) is 0 Å². The lowest BCUT2D eigenvalue weighted by Gasteiger charge is -2.02. The van der Waals surface area contributed by atoms with E-state index >= 15 is 0 Å². The maximum Gasteiger partial charge on any atom is 0.127 e. The molecule has 116 valence electrons. The van der Waals surface area contributed by atoms with Gasteiger partial charge in [-0.2, -0.15) is 0 Å². The number of nitrogens with one attached hydrogen (secondary N) is 1. The van der Waals surface area contributed by atoms with Crippen molar-refractivity contribution in [2.24, 2.45) is 0 Å². The van der Waals surface area contributed by atoms with Crippen molar-refractivity contribution in [3.05, 3.63) is 16.1 Å². The highest BCUT2D eigenvalue weighted by molar-refractivity contribution is 9.10. The number of unbranched alkanes of at least 4 members (excludes halogenated alkanes) is 10. The number of nitrogens with zero attached hydrogens (tertiary/aromatic N) is 1. The first-order valence-corrected chi connectivity index (χ1v) is 9.24. The monoisotopic (exact) mass is 342 g/mol. The van der Waals surface area contributed by atoms with Gasteiger partial charge in [0.1, 0.15) is 10.4 Å². The minimum Gasteiger partial charge on any atom is -0.345 e. The van der Waals surface area contributed by atoms with Crippen molar-refractivity contribution in [1.82, 2.24) is 9.97 Å². The van der Waals surface area contributed by atoms with Crippen LogP contribution in [0.2, 0.25) is 0 Å². The largest absolute Gasteiger partial charge is 0.345 e. The van der Waals surface area contributed by atoms with Gasteiger partial charge in [0.25, 0.3) is 0 Å². The minimum atomic E-state index is 0.968. The van der Waals surface area contributed by atoms with Gasteiger partial charge in [-0.1, -0.05) is 71.1 Å². The third kappa shape index (κ3) is 8.08. The van der Waals surface area contributed by atoms with Gasteiger partial charge in [0.05, 0.1) is 0 Å². The molecule has 0 unspecified atom stereocenters. The van der Waals surface area contributed by atoms with Crippen LogP contribution in [0.15, 0.2) is 4.60 Å². The van der Waals surface area contributed by atoms with Gasteiger partial charge in [0.15, 0.2) is 0 Å². The molecule has 0 atom stereocenters. The lowest BCUT2D eigenvalue weighted by Crippen LogP contribution is -1.89. The zero-order valence-electron chi connectivity index (χ0n) is 13.3. The highest BCUT2D eigenvalue weighted by atomic mass is 79.9. The molecule has 1 aromatic rings. The first kappa shape index (κ1) is 17.7. The van der Waals surface area contributed by atoms with Gasteiger partial charge >= 0.3 is 0 Å². The van der Waals surface area contributed by atoms with Crippen LogP contribution in [0.25, 0.3) is 0 Å². The average molecular weight is 343 g/mol. The van der Waals surface area contributed by atoms with Crippen LogP contribution in [0.1, 0.15) is 89.1 Å². The number of aromatic amines is 1. The smallest absolute Gasteiger partial charge is 0.127 e. The number of H-pyrrole nitrogens is 1. The van der Waals surface area contributed by atoms with E-state index in [-0.39, 0.29) is 0 Å². The Morgan fingerprint density at radius 3 is 1.80 bits per heavy atom. The van der Waals surface area contributed by atoms with Gasteiger partial charge in [-0.15, -0.1) is 0 Å². The summed E-state index contributed by atoms with van der Waals surface area (Å²) in [5.41, 5.74) is 1.14. The fraction of sp³-hybridized carbons (Fsp3) is 0.824. The molecule has 0 bridgehead atoms. The summed E-state index contributed by atoms with van der Waals surface area (Å²) in [6, 6.07) is 0. The van der Waals surface area contributed by atoms with E-state index in [1.165, 1.54) is 70.6 Å². The molecule has 0 fully saturated rings. The van der Waals surface area contributed by atoms with Crippen LogP contribution in [-0.2, 0) is 6.42 Å². The molecule has 1 N–H and O–H groups in total. The first-order chi connectivity index (χ1) is 9.74. The quantitative estimate of drug-likeness (QED) is 0.441. The van der Waals surface area contributed by atoms with Crippen molar-refractivity contribution in [2.75, 3.05) is 0 Å². The molecule has 0 aliphatic carbocycles. The molecule has 3 heteroatoms. The van der Waals surface area contributed by atoms with Gasteiger partial charge in [0, 0.05) is 12.1 Å². The molecule has 0 aliphatic heterocycles. The van der Waals surface area contributed by atoms with Crippen LogP contribution in [0.5, 0.6) is 0 Å². The zero-order valence-corrected chi connectivity index (χ0v) is 14.9. The normalized spacial score (nSPS) is 11.2. The van der Waals surface area contributed by atoms with E-state index in [0.717, 1.165) is 22.5 Å². The minimum absolute atomic E-state index is 0.968. The van der Waals surface area contributed by atoms with Gasteiger partial charge in [-0.3, -0.25) is 0 Å². The molecular weight excluding hydrogens is 312 g/mol. The van der Waals surface area contributed by atoms with E-state index in [0.29, 0.717) is 0 Å². The number of hydrogen-bond donors (Lipinski definition) is 1. The fourth-order valence-electron chi connectivity index (χ4n) is 2.57. The maximum absolute atomic E-state index is 4.45. The Morgan fingerprint density at radius 1 is 0.850 bits per heavy atom. The molecule has 0 radical (unpaired) electrons. The van der Waals surface area contributed by atoms with Crippen molar-refractivity contribution >= 4 is 15.9 Å². The van der Waals surface area contributed by atoms with Crippen molar-refractivity contribution < 1.29 is 0 Å². The molecule has 0 spiro atoms. The van der Waals surface area contributed by atoms with Crippen LogP contribution >= 0.6 is 15.9 Å². The molecule has 0 aliphatic rings. The highest BCUT2D eigenvalue weighted by Crippen LogP contribution is 2.15. The SMILES string of the molecule is CCCCCCCCCCCCCc1nc(Br)c(C)[nH]1. The molecule has 0 saturated carbocycles. The van der Waals surface area contributed by atoms with E-state index in [9.17, 15) is 0 Å². The standard InChI is InChI=1S/C17H31BrN2/c1-3-4-5-6-7-8-9-10-11-12-13-14-16-19-15(2)17(18)20-16/h3-14H2,1-2H3,(H,19,20). The maximum atomic E-state index is 4.45. The predicted octanol–water partition coefficient (Wildman–Crippen LogP) is 6.33. The number of aryl methyl sites for hydroxylation is 2. The lowest BCUT2D eigenvalue weighted by atomic mass is 10.1. The summed E-state index contributed by atoms with van der Waals surface area (Å²) in [5.74, 6) is 1.13. The summed E-state index contributed by atoms with van der Waals surface area (Å²) in [7, 11) is 0. The summed E-state index contributed by atoms with van der Waals surface area (Å²) in [4.78, 5) is 7.78. The first-order valence-electron chi connectivity index (χ1n) is 8.45. The van der Waals surface area contributed by atoms with Crippen molar-refractivity contribution in [3.63, 3.8) is 0 Å². The molecule has 1 aromatic heterocycles. The van der Waals surface area contributed by atoms with Crippen molar-refractivity contribution in [1.29, 1.82) is 0 Å². The number of hydrogen-bond acceptors (Lipinski definition) is 1. The van der Waals surface area contributed by atoms with Crippen LogP contribution in [0.3, 0.4) is 0 Å². The van der Waals surface area contributed by atoms with Crippen LogP contribution < -0.4 is 0 Å². The molecule has 1 heterocycles. The molecular formula is C17H31BrN2. The fourth-order valence-corrected chi connectivity index (χ4v) is 2.89. The summed E-state index contributed by atoms with van der Waals surface area (Å²) < 4.78 is 0.968. The number of imidazole rings is 1. The molecule has 2 nitrogen and oxygen atoms in total. The summed E-state index contributed by atoms with van der Waals surface area (Å²) in [5, 5.41) is 0. The Bertz CT molecular complexity index is 327.